The number of para-hydroxylation sites is 2. The van der Waals surface area contributed by atoms with E-state index in [4.69, 9.17) is 63.6 Å². The monoisotopic (exact) mass is 1040 g/mol. The van der Waals surface area contributed by atoms with E-state index < -0.39 is 11.6 Å². The summed E-state index contributed by atoms with van der Waals surface area (Å²) in [7, 11) is 3.14. The number of halogens is 5. The maximum Gasteiger partial charge on any atom is 0.323 e. The van der Waals surface area contributed by atoms with Crippen LogP contribution in [-0.2, 0) is 0 Å². The van der Waals surface area contributed by atoms with Gasteiger partial charge in [0.1, 0.15) is 31.3 Å². The molecule has 2 fully saturated rings. The van der Waals surface area contributed by atoms with Gasteiger partial charge in [0.25, 0.3) is 0 Å². The molecule has 0 aliphatic heterocycles. The first-order valence-corrected chi connectivity index (χ1v) is 24.6. The Labute approximate surface area is 427 Å². The van der Waals surface area contributed by atoms with Crippen LogP contribution >= 0.6 is 34.8 Å². The minimum atomic E-state index is -0.424. The third kappa shape index (κ3) is 18.5. The molecule has 2 aliphatic carbocycles. The summed E-state index contributed by atoms with van der Waals surface area (Å²) in [5, 5.41) is 22.5. The Kier molecular flexibility index (Phi) is 22.3. The number of rotatable bonds is 18. The Bertz CT molecular complexity index is 2560. The molecule has 4 aromatic carbocycles. The topological polar surface area (TPSA) is 192 Å². The molecule has 6 aromatic rings. The third-order valence-electron chi connectivity index (χ3n) is 11.0. The van der Waals surface area contributed by atoms with Crippen LogP contribution in [0.1, 0.15) is 77.0 Å². The molecule has 0 spiro atoms. The maximum absolute atomic E-state index is 13.7. The lowest BCUT2D eigenvalue weighted by Crippen LogP contribution is -2.21. The molecule has 2 aromatic heterocycles. The molecule has 0 saturated heterocycles. The fourth-order valence-electron chi connectivity index (χ4n) is 7.53. The molecule has 0 unspecified atom stereocenters. The van der Waals surface area contributed by atoms with E-state index in [-0.39, 0.29) is 49.2 Å². The minimum Gasteiger partial charge on any atom is -0.495 e. The number of aliphatic hydroxyl groups is 1. The van der Waals surface area contributed by atoms with Gasteiger partial charge in [-0.1, -0.05) is 98.8 Å². The van der Waals surface area contributed by atoms with Crippen molar-refractivity contribution in [3.8, 4) is 29.0 Å². The molecule has 0 bridgehead atoms. The summed E-state index contributed by atoms with van der Waals surface area (Å²) in [5.41, 5.74) is 1.43. The molecule has 16 nitrogen and oxygen atoms in total. The average molecular weight is 1040 g/mol. The van der Waals surface area contributed by atoms with Crippen molar-refractivity contribution >= 4 is 70.0 Å². The SMILES string of the molecule is COc1ccc(Nc2nc(Cl)nc(NC3CCCCCC3)n2)cc1Cl.COc1ccc(Nc2nc(NC3CCCCCC3)nc(OCCOc3ccccc3F)n2)cc1Cl.OCCOc1ccccc1F. The Morgan fingerprint density at radius 3 is 1.39 bits per heavy atom. The second kappa shape index (κ2) is 29.2. The lowest BCUT2D eigenvalue weighted by molar-refractivity contribution is 0.196. The highest BCUT2D eigenvalue weighted by atomic mass is 35.5. The number of ether oxygens (including phenoxy) is 5. The molecule has 8 rings (SSSR count). The number of aromatic nitrogens is 6. The summed E-state index contributed by atoms with van der Waals surface area (Å²) in [6.07, 6.45) is 14.3. The van der Waals surface area contributed by atoms with Gasteiger partial charge in [0.2, 0.25) is 29.1 Å². The van der Waals surface area contributed by atoms with Gasteiger partial charge in [0.15, 0.2) is 23.1 Å². The first-order valence-electron chi connectivity index (χ1n) is 23.5. The van der Waals surface area contributed by atoms with Gasteiger partial charge in [-0.2, -0.15) is 29.9 Å². The number of benzene rings is 4. The minimum absolute atomic E-state index is 0.103. The summed E-state index contributed by atoms with van der Waals surface area (Å²) in [6, 6.07) is 23.8. The second-order valence-electron chi connectivity index (χ2n) is 16.3. The van der Waals surface area contributed by atoms with E-state index >= 15 is 0 Å². The van der Waals surface area contributed by atoms with Crippen molar-refractivity contribution in [2.75, 3.05) is 61.9 Å². The molecular formula is C50H59Cl3F2N10O6. The third-order valence-corrected chi connectivity index (χ3v) is 11.8. The van der Waals surface area contributed by atoms with Gasteiger partial charge >= 0.3 is 6.01 Å². The van der Waals surface area contributed by atoms with Crippen molar-refractivity contribution in [1.82, 2.24) is 29.9 Å². The summed E-state index contributed by atoms with van der Waals surface area (Å²) in [6.45, 7) is 0.291. The van der Waals surface area contributed by atoms with Gasteiger partial charge < -0.3 is 50.1 Å². The van der Waals surface area contributed by atoms with E-state index in [0.29, 0.717) is 63.1 Å². The van der Waals surface area contributed by atoms with Crippen molar-refractivity contribution in [2.24, 2.45) is 0 Å². The molecule has 0 amide bonds. The van der Waals surface area contributed by atoms with Crippen molar-refractivity contribution in [3.63, 3.8) is 0 Å². The van der Waals surface area contributed by atoms with Gasteiger partial charge in [-0.15, -0.1) is 0 Å². The van der Waals surface area contributed by atoms with Crippen molar-refractivity contribution in [1.29, 1.82) is 0 Å². The van der Waals surface area contributed by atoms with Crippen molar-refractivity contribution in [2.45, 2.75) is 89.1 Å². The number of nitrogens with zero attached hydrogens (tertiary/aromatic N) is 6. The van der Waals surface area contributed by atoms with Crippen LogP contribution in [0.4, 0.5) is 43.9 Å². The van der Waals surface area contributed by atoms with E-state index in [1.165, 1.54) is 69.6 Å². The fraction of sp³-hybridized carbons (Fsp3) is 0.400. The summed E-state index contributed by atoms with van der Waals surface area (Å²) in [5.74, 6) is 2.31. The Balaban J connectivity index is 0.000000198. The van der Waals surface area contributed by atoms with Crippen LogP contribution in [0.2, 0.25) is 15.3 Å². The van der Waals surface area contributed by atoms with Crippen LogP contribution in [0.15, 0.2) is 84.9 Å². The Morgan fingerprint density at radius 1 is 0.507 bits per heavy atom. The van der Waals surface area contributed by atoms with Gasteiger partial charge in [0.05, 0.1) is 30.9 Å². The highest BCUT2D eigenvalue weighted by Crippen LogP contribution is 2.31. The number of anilines is 6. The van der Waals surface area contributed by atoms with Crippen molar-refractivity contribution in [3.05, 3.63) is 112 Å². The van der Waals surface area contributed by atoms with E-state index in [1.54, 1.807) is 68.8 Å². The molecule has 21 heteroatoms. The quantitative estimate of drug-likeness (QED) is 0.0403. The van der Waals surface area contributed by atoms with E-state index in [2.05, 4.69) is 51.2 Å². The largest absolute Gasteiger partial charge is 0.495 e. The van der Waals surface area contributed by atoms with Crippen LogP contribution < -0.4 is 45.0 Å². The molecular weight excluding hydrogens is 981 g/mol. The molecule has 0 radical (unpaired) electrons. The zero-order chi connectivity index (χ0) is 50.2. The number of hydrogen-bond acceptors (Lipinski definition) is 16. The van der Waals surface area contributed by atoms with Crippen LogP contribution in [-0.4, -0.2) is 87.7 Å². The van der Waals surface area contributed by atoms with Crippen molar-refractivity contribution < 1.29 is 37.6 Å². The Morgan fingerprint density at radius 2 is 0.930 bits per heavy atom. The summed E-state index contributed by atoms with van der Waals surface area (Å²) >= 11 is 18.5. The predicted molar refractivity (Wildman–Crippen MR) is 274 cm³/mol. The number of nitrogens with one attached hydrogen (secondary N) is 4. The van der Waals surface area contributed by atoms with Gasteiger partial charge in [0, 0.05) is 23.5 Å². The standard InChI is InChI=1S/C25H29ClFN5O3.C17H21Cl2N5O.C8H9FO2/c1-33-21-13-12-18(16-19(21)26)29-24-30-23(28-17-8-4-2-3-5-9-17)31-25(32-24)35-15-14-34-22-11-7-6-10-20(22)27;1-25-14-9-8-12(10-13(14)18)21-17-23-15(19)22-16(24-17)20-11-6-4-2-3-5-7-11;9-7-3-1-2-4-8(7)11-6-5-10/h6-7,10-13,16-17H,2-5,8-9,14-15H2,1H3,(H2,28,29,30,31,32);8-11H,2-7H2,1H3,(H2,20,21,22,23,24);1-4,10H,5-6H2. The molecule has 5 N–H and O–H groups in total. The predicted octanol–water partition coefficient (Wildman–Crippen LogP) is 12.3. The molecule has 71 heavy (non-hydrogen) atoms. The van der Waals surface area contributed by atoms with Crippen LogP contribution in [0.5, 0.6) is 29.0 Å². The molecule has 2 aliphatic rings. The van der Waals surface area contributed by atoms with E-state index in [0.717, 1.165) is 31.4 Å². The molecule has 380 valence electrons. The van der Waals surface area contributed by atoms with Crippen LogP contribution in [0.25, 0.3) is 0 Å². The van der Waals surface area contributed by atoms with Gasteiger partial charge in [-0.3, -0.25) is 0 Å². The Hall–Kier alpha value is -6.21. The van der Waals surface area contributed by atoms with Gasteiger partial charge in [-0.05, 0) is 97.9 Å². The zero-order valence-corrected chi connectivity index (χ0v) is 41.9. The fourth-order valence-corrected chi connectivity index (χ4v) is 8.21. The lowest BCUT2D eigenvalue weighted by Gasteiger charge is -2.17. The average Bonchev–Trinajstić information content (AvgIpc) is 3.79. The zero-order valence-electron chi connectivity index (χ0n) is 39.6. The molecule has 0 atom stereocenters. The highest BCUT2D eigenvalue weighted by Gasteiger charge is 2.18. The van der Waals surface area contributed by atoms with E-state index in [1.807, 2.05) is 12.1 Å². The smallest absolute Gasteiger partial charge is 0.323 e. The molecule has 2 saturated carbocycles. The first kappa shape index (κ1) is 54.1. The summed E-state index contributed by atoms with van der Waals surface area (Å²) in [4.78, 5) is 26.1. The van der Waals surface area contributed by atoms with Crippen LogP contribution in [0, 0.1) is 11.6 Å². The number of methoxy groups -OCH3 is 2. The van der Waals surface area contributed by atoms with Gasteiger partial charge in [-0.25, -0.2) is 8.78 Å². The van der Waals surface area contributed by atoms with Crippen LogP contribution in [0.3, 0.4) is 0 Å². The second-order valence-corrected chi connectivity index (χ2v) is 17.4. The normalized spacial score (nSPS) is 13.9. The maximum atomic E-state index is 13.7. The molecule has 2 heterocycles. The van der Waals surface area contributed by atoms with E-state index in [9.17, 15) is 8.78 Å². The number of aliphatic hydroxyl groups excluding tert-OH is 1. The lowest BCUT2D eigenvalue weighted by atomic mass is 10.1. The highest BCUT2D eigenvalue weighted by molar-refractivity contribution is 6.32. The summed E-state index contributed by atoms with van der Waals surface area (Å²) < 4.78 is 52.9. The number of hydrogen-bond donors (Lipinski definition) is 5. The first-order chi connectivity index (χ1) is 34.6.